The van der Waals surface area contributed by atoms with Crippen LogP contribution in [-0.2, 0) is 32.7 Å². The Bertz CT molecular complexity index is 5810. The van der Waals surface area contributed by atoms with Gasteiger partial charge in [-0.2, -0.15) is 0 Å². The molecule has 8 aromatic carbocycles. The number of benzene rings is 8. The topological polar surface area (TPSA) is 253 Å². The third-order valence-corrected chi connectivity index (χ3v) is 25.8. The summed E-state index contributed by atoms with van der Waals surface area (Å²) < 4.78 is 67.6. The van der Waals surface area contributed by atoms with Gasteiger partial charge in [0.25, 0.3) is 0 Å². The van der Waals surface area contributed by atoms with Crippen LogP contribution >= 0.6 is 117 Å². The molecule has 6 N–H and O–H groups in total. The normalized spacial score (nSPS) is 16.4. The number of hydrogen-bond acceptors (Lipinski definition) is 19. The molecule has 6 aromatic heterocycles. The van der Waals surface area contributed by atoms with Crippen molar-refractivity contribution < 1.29 is 61.0 Å². The highest BCUT2D eigenvalue weighted by atomic mass is 127. The van der Waals surface area contributed by atoms with Gasteiger partial charge in [-0.25, -0.2) is 0 Å². The average molecular weight is 1950 g/mol. The largest absolute Gasteiger partial charge is 0.497 e. The van der Waals surface area contributed by atoms with E-state index in [0.717, 1.165) is 140 Å². The van der Waals surface area contributed by atoms with Crippen molar-refractivity contribution in [2.45, 2.75) is 137 Å². The Morgan fingerprint density at radius 1 is 0.448 bits per heavy atom. The van der Waals surface area contributed by atoms with E-state index in [0.29, 0.717) is 42.7 Å². The van der Waals surface area contributed by atoms with Gasteiger partial charge < -0.3 is 72.5 Å². The number of nitrogens with zero attached hydrogens (tertiary/aromatic N) is 4. The van der Waals surface area contributed by atoms with Crippen LogP contribution in [0.25, 0.3) is 98.6 Å². The molecule has 19 nitrogen and oxygen atoms in total. The summed E-state index contributed by atoms with van der Waals surface area (Å²) in [6, 6.07) is 45.5. The lowest BCUT2D eigenvalue weighted by Gasteiger charge is -2.32. The summed E-state index contributed by atoms with van der Waals surface area (Å²) in [5.41, 5.74) is 20.3. The van der Waals surface area contributed by atoms with Crippen molar-refractivity contribution in [3.63, 3.8) is 0 Å². The Morgan fingerprint density at radius 3 is 1.26 bits per heavy atom. The van der Waals surface area contributed by atoms with Crippen LogP contribution in [0, 0.1) is 3.57 Å². The number of pyridine rings is 4. The second kappa shape index (κ2) is 36.8. The highest BCUT2D eigenvalue weighted by Crippen LogP contribution is 2.46. The van der Waals surface area contributed by atoms with Crippen LogP contribution in [0.1, 0.15) is 103 Å². The molecule has 4 aliphatic heterocycles. The van der Waals surface area contributed by atoms with Gasteiger partial charge in [0, 0.05) is 179 Å². The number of nitrogen functional groups attached to an aromatic ring is 2. The van der Waals surface area contributed by atoms with Crippen molar-refractivity contribution in [1.29, 1.82) is 0 Å². The number of furan rings is 2. The van der Waals surface area contributed by atoms with Gasteiger partial charge in [0.1, 0.15) is 33.8 Å². The van der Waals surface area contributed by atoms with Crippen LogP contribution in [0.5, 0.6) is 11.5 Å². The molecule has 0 saturated carbocycles. The molecule has 31 heteroatoms. The third kappa shape index (κ3) is 19.9. The highest BCUT2D eigenvalue weighted by molar-refractivity contribution is 14.1. The smallest absolute Gasteiger partial charge is 0.495 e. The van der Waals surface area contributed by atoms with Gasteiger partial charge in [-0.15, -0.1) is 0 Å². The van der Waals surface area contributed by atoms with Crippen LogP contribution in [0.2, 0.25) is 20.1 Å². The van der Waals surface area contributed by atoms with Gasteiger partial charge in [-0.05, 0) is 241 Å². The Balaban J connectivity index is 0.000000137. The van der Waals surface area contributed by atoms with Gasteiger partial charge in [-0.3, -0.25) is 19.9 Å². The summed E-state index contributed by atoms with van der Waals surface area (Å²) in [7, 11) is 0.113. The fourth-order valence-electron chi connectivity index (χ4n) is 12.9. The summed E-state index contributed by atoms with van der Waals surface area (Å²) in [5, 5.41) is 28.9. The number of aromatic nitrogens is 4. The molecule has 0 spiro atoms. The molecule has 0 amide bonds. The Morgan fingerprint density at radius 2 is 0.828 bits per heavy atom. The first-order valence-corrected chi connectivity index (χ1v) is 41.7. The molecule has 0 aliphatic carbocycles. The van der Waals surface area contributed by atoms with Crippen LogP contribution in [0.15, 0.2) is 193 Å². The Hall–Kier alpha value is -6.57. The number of fused-ring (bicyclic) bond motifs is 10. The summed E-state index contributed by atoms with van der Waals surface area (Å²) in [6.45, 7) is 26.4. The van der Waals surface area contributed by atoms with Crippen molar-refractivity contribution in [3.05, 3.63) is 207 Å². The van der Waals surface area contributed by atoms with Crippen LogP contribution in [-0.4, -0.2) is 119 Å². The van der Waals surface area contributed by atoms with E-state index in [-0.39, 0.29) is 29.8 Å². The Kier molecular flexibility index (Phi) is 28.6. The fraction of sp³-hybridized carbons (Fsp3) is 0.294. The average Bonchev–Trinajstić information content (AvgIpc) is 1.58. The van der Waals surface area contributed by atoms with Crippen LogP contribution in [0.3, 0.4) is 0 Å². The van der Waals surface area contributed by atoms with Crippen LogP contribution < -0.4 is 31.9 Å². The van der Waals surface area contributed by atoms with Crippen molar-refractivity contribution in [2.24, 2.45) is 0 Å². The standard InChI is InChI=1S/C21H19BClNO3.C16H12BrClN2O.C15H7BrClNO.C12H24B2O4.C10H10BNO3.C6H4BrClIN.C4H8O.CH4/c1-20(2)21(3,4)27-22(26-20)15-9-13(23)10-18-19(15)14-8-12-6-5-7-24-16(12)11-17(14)25-18;1-21-15-8-14-9(3-2-4-20-14)5-11(15)16-12(17)6-10(18)7-13(16)19;16-11-5-9(17)6-14-15(11)10-4-8-2-1-3-18-12(8)7-13(10)19-14;1-9(2)10(3,4)16-13(15-9)14-17-11(5,6)12(7,8)18-14;1-15-10-6-9-7(3-2-4-12-9)5-8(10)11(13)14;7-4-1-3(8)2-5(10)6(4)9;1-2-4-5-3-1;/h5-11H,1-4H3;2-8H,19H2,1H3;1-7H;1-8H3;2-6,13-14H,1H3;1-2H,10H2;1-4H2;1H4. The van der Waals surface area contributed by atoms with E-state index >= 15 is 0 Å². The minimum Gasteiger partial charge on any atom is -0.497 e. The maximum Gasteiger partial charge on any atom is 0.495 e. The number of methoxy groups -OCH3 is 2. The zero-order valence-electron chi connectivity index (χ0n) is 65.7. The van der Waals surface area contributed by atoms with Crippen molar-refractivity contribution >= 4 is 255 Å². The minimum atomic E-state index is -1.54. The second-order valence-electron chi connectivity index (χ2n) is 30.6. The van der Waals surface area contributed by atoms with Gasteiger partial charge in [0.15, 0.2) is 0 Å². The van der Waals surface area contributed by atoms with E-state index in [9.17, 15) is 0 Å². The van der Waals surface area contributed by atoms with E-state index in [2.05, 4.69) is 102 Å². The molecule has 604 valence electrons. The molecule has 4 fully saturated rings. The molecule has 116 heavy (non-hydrogen) atoms. The van der Waals surface area contributed by atoms with Crippen molar-refractivity contribution in [1.82, 2.24) is 19.9 Å². The molecule has 18 rings (SSSR count). The molecule has 0 unspecified atom stereocenters. The van der Waals surface area contributed by atoms with Crippen LogP contribution in [0.4, 0.5) is 11.4 Å². The maximum atomic E-state index is 9.15. The summed E-state index contributed by atoms with van der Waals surface area (Å²) in [4.78, 5) is 17.3. The van der Waals surface area contributed by atoms with E-state index in [1.807, 2.05) is 186 Å². The molecule has 0 bridgehead atoms. The number of anilines is 2. The highest BCUT2D eigenvalue weighted by Gasteiger charge is 2.64. The predicted octanol–water partition coefficient (Wildman–Crippen LogP) is 22.4. The number of ether oxygens (including phenoxy) is 3. The molecule has 10 heterocycles. The third-order valence-electron chi connectivity index (χ3n) is 21.1. The second-order valence-corrected chi connectivity index (χ2v) is 36.0. The fourth-order valence-corrected chi connectivity index (χ4v) is 16.3. The summed E-state index contributed by atoms with van der Waals surface area (Å²) in [6.07, 6.45) is 9.55. The zero-order valence-corrected chi connectivity index (χ0v) is 75.6. The molecule has 4 aliphatic rings. The number of nitrogens with two attached hydrogens (primary N) is 2. The first kappa shape index (κ1) is 90.2. The lowest BCUT2D eigenvalue weighted by Crippen LogP contribution is -2.41. The Labute approximate surface area is 735 Å². The molecule has 14 aromatic rings. The minimum absolute atomic E-state index is 0. The molecular formula is C85H88B4Br3Cl4IN6O13. The molecule has 0 atom stereocenters. The van der Waals surface area contributed by atoms with E-state index in [1.54, 1.807) is 62.2 Å². The molecule has 4 saturated heterocycles. The number of hydrogen-bond donors (Lipinski definition) is 4. The molecular weight excluding hydrogens is 1860 g/mol. The van der Waals surface area contributed by atoms with Gasteiger partial charge in [0.2, 0.25) is 0 Å². The SMILES string of the molecule is C.C1CCOC1.CC1(C)OB(B2OC(C)(C)C(C)(C)O2)OC1(C)C.CC1(C)OB(c2cc(Cl)cc3oc4cc5ncccc5cc4c23)OC1(C)C.COc1cc2ncccc2cc1-c1c(N)cc(Cl)cc1Br.COc1cc2ncccc2cc1B(O)O.Clc1cc(Br)c2c(c1)oc1cc3ncccc3cc12.Nc1cc(Cl)cc(Br)c1I. The summed E-state index contributed by atoms with van der Waals surface area (Å²) >= 11 is 36.7. The lowest BCUT2D eigenvalue weighted by atomic mass is 9.49. The monoisotopic (exact) mass is 1950 g/mol. The molecule has 0 radical (unpaired) electrons. The quantitative estimate of drug-likeness (QED) is 0.0522. The summed E-state index contributed by atoms with van der Waals surface area (Å²) in [5.74, 6) is 1.15. The van der Waals surface area contributed by atoms with Gasteiger partial charge in [0.05, 0.1) is 73.5 Å². The van der Waals surface area contributed by atoms with Gasteiger partial charge in [-0.1, -0.05) is 94.0 Å². The van der Waals surface area contributed by atoms with E-state index in [1.165, 1.54) is 20.0 Å². The van der Waals surface area contributed by atoms with Crippen molar-refractivity contribution in [3.8, 4) is 22.6 Å². The number of halogens is 8. The first-order valence-electron chi connectivity index (χ1n) is 36.8. The van der Waals surface area contributed by atoms with E-state index in [4.69, 9.17) is 119 Å². The van der Waals surface area contributed by atoms with Gasteiger partial charge >= 0.3 is 28.3 Å². The first-order chi connectivity index (χ1) is 54.3. The van der Waals surface area contributed by atoms with Crippen molar-refractivity contribution in [2.75, 3.05) is 38.9 Å². The number of rotatable bonds is 6. The van der Waals surface area contributed by atoms with E-state index < -0.39 is 39.5 Å². The maximum absolute atomic E-state index is 9.15. The lowest BCUT2D eigenvalue weighted by molar-refractivity contribution is 0.00578. The predicted molar refractivity (Wildman–Crippen MR) is 496 cm³/mol. The zero-order chi connectivity index (χ0) is 83.0.